The van der Waals surface area contributed by atoms with Crippen molar-refractivity contribution >= 4 is 11.6 Å². The number of rotatable bonds is 6. The normalized spacial score (nSPS) is 9.89. The average molecular weight is 247 g/mol. The Hall–Kier alpha value is -1.81. The molecule has 0 fully saturated rings. The van der Waals surface area contributed by atoms with Crippen LogP contribution in [-0.4, -0.2) is 44.7 Å². The van der Waals surface area contributed by atoms with Gasteiger partial charge in [0.2, 0.25) is 0 Å². The molecular weight excluding hydrogens is 226 g/mol. The van der Waals surface area contributed by atoms with Crippen molar-refractivity contribution in [3.8, 4) is 0 Å². The van der Waals surface area contributed by atoms with Crippen molar-refractivity contribution in [3.63, 3.8) is 0 Å². The molecule has 0 spiro atoms. The van der Waals surface area contributed by atoms with Crippen LogP contribution in [0.3, 0.4) is 0 Å². The molecule has 0 bridgehead atoms. The fourth-order valence-corrected chi connectivity index (χ4v) is 1.43. The summed E-state index contributed by atoms with van der Waals surface area (Å²) < 4.78 is 0. The van der Waals surface area contributed by atoms with Crippen LogP contribution in [0.1, 0.15) is 5.56 Å². The molecule has 1 aromatic rings. The number of benzene rings is 1. The number of nitrogens with zero attached hydrogens (tertiary/aromatic N) is 1. The molecule has 98 valence electrons. The zero-order valence-electron chi connectivity index (χ0n) is 11.1. The molecule has 4 heteroatoms. The number of urea groups is 1. The van der Waals surface area contributed by atoms with Gasteiger partial charge in [-0.1, -0.05) is 36.9 Å². The van der Waals surface area contributed by atoms with Crippen molar-refractivity contribution < 1.29 is 4.79 Å². The van der Waals surface area contributed by atoms with Gasteiger partial charge < -0.3 is 15.5 Å². The summed E-state index contributed by atoms with van der Waals surface area (Å²) in [5.74, 6) is 0. The predicted molar refractivity (Wildman–Crippen MR) is 75.4 cm³/mol. The van der Waals surface area contributed by atoms with Crippen LogP contribution in [0.5, 0.6) is 0 Å². The third-order valence-electron chi connectivity index (χ3n) is 2.50. The Morgan fingerprint density at radius 3 is 2.50 bits per heavy atom. The van der Waals surface area contributed by atoms with Crippen molar-refractivity contribution in [2.24, 2.45) is 0 Å². The highest BCUT2D eigenvalue weighted by molar-refractivity contribution is 5.73. The van der Waals surface area contributed by atoms with Crippen LogP contribution < -0.4 is 10.6 Å². The van der Waals surface area contributed by atoms with Gasteiger partial charge in [0.25, 0.3) is 0 Å². The molecule has 0 aliphatic rings. The Labute approximate surface area is 109 Å². The molecule has 1 aromatic carbocycles. The van der Waals surface area contributed by atoms with Gasteiger partial charge in [-0.05, 0) is 11.1 Å². The summed E-state index contributed by atoms with van der Waals surface area (Å²) in [5.41, 5.74) is 2.19. The van der Waals surface area contributed by atoms with E-state index in [1.807, 2.05) is 30.3 Å². The van der Waals surface area contributed by atoms with Crippen molar-refractivity contribution in [1.82, 2.24) is 15.5 Å². The van der Waals surface area contributed by atoms with Crippen molar-refractivity contribution in [2.45, 2.75) is 0 Å². The van der Waals surface area contributed by atoms with E-state index in [1.165, 1.54) is 4.90 Å². The minimum atomic E-state index is -0.0707. The van der Waals surface area contributed by atoms with Crippen LogP contribution in [0.25, 0.3) is 5.57 Å². The lowest BCUT2D eigenvalue weighted by molar-refractivity contribution is 0.217. The first kappa shape index (κ1) is 14.3. The largest absolute Gasteiger partial charge is 0.337 e. The predicted octanol–water partition coefficient (Wildman–Crippen LogP) is 1.56. The highest BCUT2D eigenvalue weighted by Gasteiger charge is 2.01. The second-order valence-electron chi connectivity index (χ2n) is 4.27. The van der Waals surface area contributed by atoms with Crippen molar-refractivity contribution in [2.75, 3.05) is 33.7 Å². The van der Waals surface area contributed by atoms with E-state index in [0.717, 1.165) is 24.2 Å². The van der Waals surface area contributed by atoms with E-state index in [9.17, 15) is 4.79 Å². The summed E-state index contributed by atoms with van der Waals surface area (Å²) in [6, 6.07) is 9.99. The first-order valence-corrected chi connectivity index (χ1v) is 6.00. The fraction of sp³-hybridized carbons (Fsp3) is 0.357. The number of amides is 2. The van der Waals surface area contributed by atoms with Gasteiger partial charge in [-0.15, -0.1) is 0 Å². The molecule has 0 aliphatic heterocycles. The van der Waals surface area contributed by atoms with Gasteiger partial charge in [0, 0.05) is 33.7 Å². The molecule has 1 rings (SSSR count). The van der Waals surface area contributed by atoms with Crippen LogP contribution in [0.2, 0.25) is 0 Å². The highest BCUT2D eigenvalue weighted by atomic mass is 16.2. The van der Waals surface area contributed by atoms with E-state index in [-0.39, 0.29) is 6.03 Å². The first-order chi connectivity index (χ1) is 8.61. The summed E-state index contributed by atoms with van der Waals surface area (Å²) >= 11 is 0. The molecule has 4 nitrogen and oxygen atoms in total. The first-order valence-electron chi connectivity index (χ1n) is 6.00. The molecular formula is C14H21N3O. The van der Waals surface area contributed by atoms with E-state index < -0.39 is 0 Å². The van der Waals surface area contributed by atoms with Crippen LogP contribution in [0.4, 0.5) is 4.79 Å². The Kier molecular flexibility index (Phi) is 5.94. The molecule has 0 aromatic heterocycles. The molecule has 2 N–H and O–H groups in total. The molecule has 0 aliphatic carbocycles. The van der Waals surface area contributed by atoms with E-state index >= 15 is 0 Å². The number of carbonyl (C=O) groups is 1. The number of nitrogens with one attached hydrogen (secondary N) is 2. The van der Waals surface area contributed by atoms with Gasteiger partial charge in [-0.3, -0.25) is 0 Å². The monoisotopic (exact) mass is 247 g/mol. The lowest BCUT2D eigenvalue weighted by Crippen LogP contribution is -2.38. The van der Waals surface area contributed by atoms with E-state index in [0.29, 0.717) is 6.54 Å². The molecule has 0 atom stereocenters. The average Bonchev–Trinajstić information content (AvgIpc) is 2.38. The van der Waals surface area contributed by atoms with Crippen molar-refractivity contribution in [3.05, 3.63) is 42.5 Å². The number of hydrogen-bond donors (Lipinski definition) is 2. The van der Waals surface area contributed by atoms with Gasteiger partial charge in [0.1, 0.15) is 0 Å². The minimum Gasteiger partial charge on any atom is -0.337 e. The van der Waals surface area contributed by atoms with Gasteiger partial charge in [0.15, 0.2) is 0 Å². The van der Waals surface area contributed by atoms with Crippen LogP contribution >= 0.6 is 0 Å². The second kappa shape index (κ2) is 7.50. The maximum atomic E-state index is 11.2. The minimum absolute atomic E-state index is 0.0707. The molecule has 18 heavy (non-hydrogen) atoms. The smallest absolute Gasteiger partial charge is 0.316 e. The second-order valence-corrected chi connectivity index (χ2v) is 4.27. The van der Waals surface area contributed by atoms with Gasteiger partial charge >= 0.3 is 6.03 Å². The summed E-state index contributed by atoms with van der Waals surface area (Å²) in [6.07, 6.45) is 0. The molecule has 2 amide bonds. The highest BCUT2D eigenvalue weighted by Crippen LogP contribution is 2.09. The Morgan fingerprint density at radius 1 is 1.22 bits per heavy atom. The number of carbonyl (C=O) groups excluding carboxylic acids is 1. The quantitative estimate of drug-likeness (QED) is 0.749. The molecule has 0 heterocycles. The summed E-state index contributed by atoms with van der Waals surface area (Å²) in [6.45, 7) is 6.09. The lowest BCUT2D eigenvalue weighted by atomic mass is 10.1. The fourth-order valence-electron chi connectivity index (χ4n) is 1.43. The van der Waals surface area contributed by atoms with Crippen LogP contribution in [0, 0.1) is 0 Å². The van der Waals surface area contributed by atoms with Gasteiger partial charge in [0.05, 0.1) is 0 Å². The van der Waals surface area contributed by atoms with Crippen LogP contribution in [0.15, 0.2) is 36.9 Å². The standard InChI is InChI=1S/C14H21N3O/c1-12(13-7-5-4-6-8-13)11-15-9-10-16-14(18)17(2)3/h4-8,15H,1,9-11H2,2-3H3,(H,16,18). The zero-order valence-corrected chi connectivity index (χ0v) is 11.1. The summed E-state index contributed by atoms with van der Waals surface area (Å²) in [7, 11) is 3.44. The maximum Gasteiger partial charge on any atom is 0.316 e. The molecule has 0 saturated heterocycles. The Balaban J connectivity index is 2.15. The topological polar surface area (TPSA) is 44.4 Å². The SMILES string of the molecule is C=C(CNCCNC(=O)N(C)C)c1ccccc1. The van der Waals surface area contributed by atoms with E-state index in [2.05, 4.69) is 17.2 Å². The third kappa shape index (κ3) is 5.01. The Morgan fingerprint density at radius 2 is 1.89 bits per heavy atom. The number of hydrogen-bond acceptors (Lipinski definition) is 2. The maximum absolute atomic E-state index is 11.2. The lowest BCUT2D eigenvalue weighted by Gasteiger charge is -2.12. The van der Waals surface area contributed by atoms with Gasteiger partial charge in [-0.2, -0.15) is 0 Å². The molecule has 0 saturated carbocycles. The van der Waals surface area contributed by atoms with Crippen LogP contribution in [-0.2, 0) is 0 Å². The van der Waals surface area contributed by atoms with Gasteiger partial charge in [-0.25, -0.2) is 4.79 Å². The molecule has 0 unspecified atom stereocenters. The summed E-state index contributed by atoms with van der Waals surface area (Å²) in [4.78, 5) is 12.7. The van der Waals surface area contributed by atoms with E-state index in [1.54, 1.807) is 14.1 Å². The Bertz CT molecular complexity index is 387. The summed E-state index contributed by atoms with van der Waals surface area (Å²) in [5, 5.41) is 6.04. The third-order valence-corrected chi connectivity index (χ3v) is 2.50. The molecule has 0 radical (unpaired) electrons. The van der Waals surface area contributed by atoms with Crippen molar-refractivity contribution in [1.29, 1.82) is 0 Å². The van der Waals surface area contributed by atoms with E-state index in [4.69, 9.17) is 0 Å². The zero-order chi connectivity index (χ0) is 13.4.